The predicted octanol–water partition coefficient (Wildman–Crippen LogP) is 2.20. The maximum Gasteiger partial charge on any atom is 0.191 e. The molecule has 2 rings (SSSR count). The fraction of sp³-hybridized carbons (Fsp3) is 0.632. The van der Waals surface area contributed by atoms with Crippen molar-refractivity contribution in [2.75, 3.05) is 40.3 Å². The molecule has 0 spiro atoms. The van der Waals surface area contributed by atoms with Crippen LogP contribution in [0.25, 0.3) is 0 Å². The lowest BCUT2D eigenvalue weighted by atomic mass is 10.1. The van der Waals surface area contributed by atoms with Crippen LogP contribution in [0.4, 0.5) is 0 Å². The van der Waals surface area contributed by atoms with E-state index >= 15 is 0 Å². The Balaban J connectivity index is 1.69. The number of hydrogen-bond acceptors (Lipinski definition) is 3. The Labute approximate surface area is 146 Å². The third-order valence-corrected chi connectivity index (χ3v) is 4.56. The van der Waals surface area contributed by atoms with Gasteiger partial charge in [0, 0.05) is 32.7 Å². The standard InChI is InChI=1S/C19H32N4O/c1-5-23(17-8-9-17)13-12-22-19(20-3)21-11-10-16-7-6-15(2)18(14-16)24-4/h6-7,14,17H,5,8-13H2,1-4H3,(H2,20,21,22). The summed E-state index contributed by atoms with van der Waals surface area (Å²) < 4.78 is 5.38. The molecule has 5 heteroatoms. The van der Waals surface area contributed by atoms with E-state index in [4.69, 9.17) is 4.74 Å². The molecule has 0 radical (unpaired) electrons. The first-order valence-electron chi connectivity index (χ1n) is 9.00. The molecule has 0 saturated heterocycles. The molecule has 5 nitrogen and oxygen atoms in total. The van der Waals surface area contributed by atoms with Gasteiger partial charge in [-0.1, -0.05) is 19.1 Å². The smallest absolute Gasteiger partial charge is 0.191 e. The number of methoxy groups -OCH3 is 1. The lowest BCUT2D eigenvalue weighted by molar-refractivity contribution is 0.282. The zero-order valence-corrected chi connectivity index (χ0v) is 15.6. The lowest BCUT2D eigenvalue weighted by Crippen LogP contribution is -2.42. The van der Waals surface area contributed by atoms with Crippen LogP contribution in [0.2, 0.25) is 0 Å². The van der Waals surface area contributed by atoms with Gasteiger partial charge >= 0.3 is 0 Å². The van der Waals surface area contributed by atoms with Gasteiger partial charge in [-0.15, -0.1) is 0 Å². The van der Waals surface area contributed by atoms with Gasteiger partial charge < -0.3 is 15.4 Å². The molecular weight excluding hydrogens is 300 g/mol. The average molecular weight is 332 g/mol. The molecule has 0 atom stereocenters. The van der Waals surface area contributed by atoms with Gasteiger partial charge in [-0.25, -0.2) is 0 Å². The van der Waals surface area contributed by atoms with Crippen LogP contribution in [0.1, 0.15) is 30.9 Å². The van der Waals surface area contributed by atoms with Crippen molar-refractivity contribution in [1.29, 1.82) is 0 Å². The van der Waals surface area contributed by atoms with Crippen molar-refractivity contribution in [1.82, 2.24) is 15.5 Å². The Hall–Kier alpha value is -1.75. The van der Waals surface area contributed by atoms with E-state index in [1.165, 1.54) is 24.0 Å². The number of aliphatic imine (C=N–C) groups is 1. The van der Waals surface area contributed by atoms with Crippen molar-refractivity contribution in [3.8, 4) is 5.75 Å². The number of ether oxygens (including phenoxy) is 1. The zero-order chi connectivity index (χ0) is 17.4. The number of guanidine groups is 1. The number of hydrogen-bond donors (Lipinski definition) is 2. The largest absolute Gasteiger partial charge is 0.496 e. The van der Waals surface area contributed by atoms with E-state index in [-0.39, 0.29) is 0 Å². The number of aryl methyl sites for hydroxylation is 1. The van der Waals surface area contributed by atoms with Crippen molar-refractivity contribution in [3.05, 3.63) is 29.3 Å². The van der Waals surface area contributed by atoms with E-state index in [2.05, 4.69) is 52.6 Å². The number of rotatable bonds is 9. The molecule has 0 aliphatic heterocycles. The molecule has 0 amide bonds. The molecule has 1 aromatic rings. The van der Waals surface area contributed by atoms with E-state index in [0.29, 0.717) is 0 Å². The number of nitrogens with one attached hydrogen (secondary N) is 2. The highest BCUT2D eigenvalue weighted by molar-refractivity contribution is 5.79. The highest BCUT2D eigenvalue weighted by Gasteiger charge is 2.27. The van der Waals surface area contributed by atoms with Crippen LogP contribution in [0.5, 0.6) is 5.75 Å². The van der Waals surface area contributed by atoms with E-state index in [1.54, 1.807) is 7.11 Å². The first kappa shape index (κ1) is 18.6. The predicted molar refractivity (Wildman–Crippen MR) is 101 cm³/mol. The lowest BCUT2D eigenvalue weighted by Gasteiger charge is -2.20. The van der Waals surface area contributed by atoms with E-state index < -0.39 is 0 Å². The normalized spacial score (nSPS) is 14.8. The topological polar surface area (TPSA) is 48.9 Å². The number of nitrogens with zero attached hydrogens (tertiary/aromatic N) is 2. The third kappa shape index (κ3) is 5.71. The monoisotopic (exact) mass is 332 g/mol. The van der Waals surface area contributed by atoms with E-state index in [9.17, 15) is 0 Å². The second-order valence-electron chi connectivity index (χ2n) is 6.34. The molecule has 0 heterocycles. The summed E-state index contributed by atoms with van der Waals surface area (Å²) in [6.07, 6.45) is 3.67. The van der Waals surface area contributed by atoms with Crippen molar-refractivity contribution < 1.29 is 4.74 Å². The molecule has 24 heavy (non-hydrogen) atoms. The van der Waals surface area contributed by atoms with Gasteiger partial charge in [-0.2, -0.15) is 0 Å². The van der Waals surface area contributed by atoms with Crippen LogP contribution in [0.3, 0.4) is 0 Å². The SMILES string of the molecule is CCN(CCNC(=NC)NCCc1ccc(C)c(OC)c1)C1CC1. The summed E-state index contributed by atoms with van der Waals surface area (Å²) in [5.74, 6) is 1.83. The quantitative estimate of drug-likeness (QED) is 0.538. The number of likely N-dealkylation sites (N-methyl/N-ethyl adjacent to an activating group) is 1. The van der Waals surface area contributed by atoms with E-state index in [0.717, 1.165) is 50.4 Å². The van der Waals surface area contributed by atoms with Gasteiger partial charge in [-0.05, 0) is 49.9 Å². The minimum absolute atomic E-state index is 0.822. The maximum absolute atomic E-state index is 5.38. The summed E-state index contributed by atoms with van der Waals surface area (Å²) in [5.41, 5.74) is 2.44. The highest BCUT2D eigenvalue weighted by Crippen LogP contribution is 2.25. The third-order valence-electron chi connectivity index (χ3n) is 4.56. The van der Waals surface area contributed by atoms with Crippen molar-refractivity contribution in [3.63, 3.8) is 0 Å². The first-order chi connectivity index (χ1) is 11.7. The van der Waals surface area contributed by atoms with Gasteiger partial charge in [0.2, 0.25) is 0 Å². The summed E-state index contributed by atoms with van der Waals surface area (Å²) in [4.78, 5) is 6.84. The fourth-order valence-electron chi connectivity index (χ4n) is 2.92. The molecule has 1 aliphatic carbocycles. The Morgan fingerprint density at radius 3 is 2.67 bits per heavy atom. The van der Waals surface area contributed by atoms with Gasteiger partial charge in [0.25, 0.3) is 0 Å². The zero-order valence-electron chi connectivity index (χ0n) is 15.6. The molecule has 2 N–H and O–H groups in total. The Morgan fingerprint density at radius 1 is 1.29 bits per heavy atom. The van der Waals surface area contributed by atoms with Crippen LogP contribution < -0.4 is 15.4 Å². The van der Waals surface area contributed by atoms with Crippen LogP contribution in [0.15, 0.2) is 23.2 Å². The molecule has 0 unspecified atom stereocenters. The minimum atomic E-state index is 0.822. The molecule has 1 saturated carbocycles. The summed E-state index contributed by atoms with van der Waals surface area (Å²) >= 11 is 0. The Kier molecular flexibility index (Phi) is 7.37. The molecule has 1 aromatic carbocycles. The molecule has 0 aromatic heterocycles. The van der Waals surface area contributed by atoms with Gasteiger partial charge in [0.05, 0.1) is 7.11 Å². The molecule has 0 bridgehead atoms. The fourth-order valence-corrected chi connectivity index (χ4v) is 2.92. The van der Waals surface area contributed by atoms with Crippen LogP contribution in [0, 0.1) is 6.92 Å². The van der Waals surface area contributed by atoms with Crippen LogP contribution >= 0.6 is 0 Å². The summed E-state index contributed by atoms with van der Waals surface area (Å²) in [7, 11) is 3.54. The minimum Gasteiger partial charge on any atom is -0.496 e. The maximum atomic E-state index is 5.38. The summed E-state index contributed by atoms with van der Waals surface area (Å²) in [5, 5.41) is 6.79. The Bertz CT molecular complexity index is 540. The first-order valence-corrected chi connectivity index (χ1v) is 9.00. The second kappa shape index (κ2) is 9.52. The Morgan fingerprint density at radius 2 is 2.04 bits per heavy atom. The molecule has 1 aliphatic rings. The van der Waals surface area contributed by atoms with Gasteiger partial charge in [0.15, 0.2) is 5.96 Å². The van der Waals surface area contributed by atoms with E-state index in [1.807, 2.05) is 7.05 Å². The van der Waals surface area contributed by atoms with Gasteiger partial charge in [-0.3, -0.25) is 9.89 Å². The summed E-state index contributed by atoms with van der Waals surface area (Å²) in [6.45, 7) is 8.30. The molecular formula is C19H32N4O. The average Bonchev–Trinajstić information content (AvgIpc) is 3.43. The highest BCUT2D eigenvalue weighted by atomic mass is 16.5. The second-order valence-corrected chi connectivity index (χ2v) is 6.34. The van der Waals surface area contributed by atoms with Crippen molar-refractivity contribution in [2.24, 2.45) is 4.99 Å². The molecule has 134 valence electrons. The van der Waals surface area contributed by atoms with Crippen molar-refractivity contribution in [2.45, 2.75) is 39.2 Å². The van der Waals surface area contributed by atoms with Crippen LogP contribution in [-0.4, -0.2) is 57.2 Å². The molecule has 1 fully saturated rings. The van der Waals surface area contributed by atoms with Crippen molar-refractivity contribution >= 4 is 5.96 Å². The number of benzene rings is 1. The van der Waals surface area contributed by atoms with Gasteiger partial charge in [0.1, 0.15) is 5.75 Å². The summed E-state index contributed by atoms with van der Waals surface area (Å²) in [6, 6.07) is 7.20. The van der Waals surface area contributed by atoms with Crippen LogP contribution in [-0.2, 0) is 6.42 Å².